The second kappa shape index (κ2) is 7.82. The summed E-state index contributed by atoms with van der Waals surface area (Å²) in [6, 6.07) is 7.08. The molecule has 0 aromatic heterocycles. The van der Waals surface area contributed by atoms with Gasteiger partial charge in [-0.15, -0.1) is 0 Å². The Morgan fingerprint density at radius 1 is 1.10 bits per heavy atom. The third-order valence-electron chi connectivity index (χ3n) is 8.12. The molecule has 2 saturated carbocycles. The van der Waals surface area contributed by atoms with Crippen molar-refractivity contribution >= 4 is 6.16 Å². The summed E-state index contributed by atoms with van der Waals surface area (Å²) in [6.07, 6.45) is 11.0. The summed E-state index contributed by atoms with van der Waals surface area (Å²) in [6.45, 7) is 1.10. The highest BCUT2D eigenvalue weighted by Gasteiger charge is 2.51. The van der Waals surface area contributed by atoms with Crippen LogP contribution in [0.1, 0.15) is 75.3 Å². The van der Waals surface area contributed by atoms with Crippen LogP contribution in [0.3, 0.4) is 0 Å². The van der Waals surface area contributed by atoms with Gasteiger partial charge < -0.3 is 19.9 Å². The van der Waals surface area contributed by atoms with Gasteiger partial charge in [-0.2, -0.15) is 0 Å². The van der Waals surface area contributed by atoms with E-state index in [1.807, 2.05) is 6.07 Å². The highest BCUT2D eigenvalue weighted by molar-refractivity contribution is 5.57. The van der Waals surface area contributed by atoms with Gasteiger partial charge in [0.1, 0.15) is 5.75 Å². The molecular formula is C24H33NO4. The van der Waals surface area contributed by atoms with Crippen molar-refractivity contribution in [3.05, 3.63) is 29.3 Å². The van der Waals surface area contributed by atoms with Crippen LogP contribution in [0.15, 0.2) is 18.2 Å². The summed E-state index contributed by atoms with van der Waals surface area (Å²) < 4.78 is 11.4. The monoisotopic (exact) mass is 399 g/mol. The zero-order valence-electron chi connectivity index (χ0n) is 17.2. The van der Waals surface area contributed by atoms with Gasteiger partial charge in [0.15, 0.2) is 0 Å². The minimum absolute atomic E-state index is 0.153. The predicted molar refractivity (Wildman–Crippen MR) is 110 cm³/mol. The maximum absolute atomic E-state index is 11.3. The van der Waals surface area contributed by atoms with Crippen LogP contribution in [0.4, 0.5) is 4.79 Å². The van der Waals surface area contributed by atoms with Crippen molar-refractivity contribution in [2.75, 3.05) is 6.54 Å². The van der Waals surface area contributed by atoms with E-state index in [9.17, 15) is 9.90 Å². The van der Waals surface area contributed by atoms with Crippen LogP contribution in [0.5, 0.6) is 5.75 Å². The Morgan fingerprint density at radius 3 is 2.76 bits per heavy atom. The highest BCUT2D eigenvalue weighted by atomic mass is 16.8. The number of ether oxygens (including phenoxy) is 2. The molecule has 29 heavy (non-hydrogen) atoms. The first-order valence-electron chi connectivity index (χ1n) is 11.6. The van der Waals surface area contributed by atoms with Gasteiger partial charge in [0.25, 0.3) is 6.29 Å². The molecular weight excluding hydrogens is 366 g/mol. The maximum atomic E-state index is 11.3. The number of benzene rings is 1. The Morgan fingerprint density at radius 2 is 1.93 bits per heavy atom. The molecule has 1 aliphatic heterocycles. The summed E-state index contributed by atoms with van der Waals surface area (Å²) in [7, 11) is 0. The lowest BCUT2D eigenvalue weighted by Crippen LogP contribution is -2.59. The van der Waals surface area contributed by atoms with Crippen molar-refractivity contribution in [2.45, 2.75) is 88.4 Å². The fourth-order valence-electron chi connectivity index (χ4n) is 6.83. The predicted octanol–water partition coefficient (Wildman–Crippen LogP) is 5.01. The minimum atomic E-state index is -1.24. The van der Waals surface area contributed by atoms with E-state index in [4.69, 9.17) is 9.47 Å². The first-order chi connectivity index (χ1) is 14.2. The zero-order chi connectivity index (χ0) is 19.8. The van der Waals surface area contributed by atoms with E-state index in [-0.39, 0.29) is 11.3 Å². The number of carbonyl (C=O) groups is 1. The standard InChI is InChI=1S/C24H33NO4/c26-23(27)29-22(16-6-2-1-3-7-16)28-18-10-9-17-14-21-19-8-4-5-11-24(19,12-13-25-21)20(17)15-18/h9-10,15-16,19,21-22,25H,1-8,11-14H2,(H,26,27)/t19-,21+,22?,24+/m0/s1. The first-order valence-corrected chi connectivity index (χ1v) is 11.6. The minimum Gasteiger partial charge on any atom is -0.454 e. The molecule has 2 bridgehead atoms. The Balaban J connectivity index is 1.44. The molecule has 4 aliphatic rings. The molecule has 1 unspecified atom stereocenters. The molecule has 3 aliphatic carbocycles. The summed E-state index contributed by atoms with van der Waals surface area (Å²) >= 11 is 0. The van der Waals surface area contributed by atoms with Crippen molar-refractivity contribution in [1.82, 2.24) is 5.32 Å². The van der Waals surface area contributed by atoms with Gasteiger partial charge in [-0.3, -0.25) is 0 Å². The number of hydrogen-bond donors (Lipinski definition) is 2. The third-order valence-corrected chi connectivity index (χ3v) is 8.12. The molecule has 1 aromatic rings. The van der Waals surface area contributed by atoms with E-state index in [1.54, 1.807) is 0 Å². The third kappa shape index (κ3) is 3.52. The summed E-state index contributed by atoms with van der Waals surface area (Å²) in [5.74, 6) is 1.65. The molecule has 4 atom stereocenters. The van der Waals surface area contributed by atoms with Gasteiger partial charge in [0.05, 0.1) is 0 Å². The van der Waals surface area contributed by atoms with E-state index in [2.05, 4.69) is 17.4 Å². The molecule has 2 N–H and O–H groups in total. The molecule has 5 rings (SSSR count). The average Bonchev–Trinajstić information content (AvgIpc) is 2.74. The quantitative estimate of drug-likeness (QED) is 0.550. The van der Waals surface area contributed by atoms with Gasteiger partial charge in [-0.05, 0) is 74.2 Å². The molecule has 3 fully saturated rings. The van der Waals surface area contributed by atoms with E-state index in [1.165, 1.54) is 49.7 Å². The van der Waals surface area contributed by atoms with Crippen LogP contribution in [-0.4, -0.2) is 30.1 Å². The van der Waals surface area contributed by atoms with Gasteiger partial charge in [-0.25, -0.2) is 4.79 Å². The second-order valence-corrected chi connectivity index (χ2v) is 9.61. The number of rotatable bonds is 4. The van der Waals surface area contributed by atoms with Crippen LogP contribution in [0.2, 0.25) is 0 Å². The summed E-state index contributed by atoms with van der Waals surface area (Å²) in [5.41, 5.74) is 3.19. The van der Waals surface area contributed by atoms with Crippen LogP contribution in [-0.2, 0) is 16.6 Å². The molecule has 5 nitrogen and oxygen atoms in total. The highest BCUT2D eigenvalue weighted by Crippen LogP contribution is 2.54. The van der Waals surface area contributed by atoms with Crippen molar-refractivity contribution in [3.8, 4) is 5.75 Å². The molecule has 0 amide bonds. The lowest BCUT2D eigenvalue weighted by atomic mass is 9.53. The number of piperidine rings is 1. The second-order valence-electron chi connectivity index (χ2n) is 9.61. The van der Waals surface area contributed by atoms with Crippen LogP contribution in [0, 0.1) is 11.8 Å². The molecule has 1 saturated heterocycles. The molecule has 0 spiro atoms. The normalized spacial score (nSPS) is 32.6. The number of hydrogen-bond acceptors (Lipinski definition) is 4. The SMILES string of the molecule is O=C(O)OC(Oc1ccc2c(c1)[C@@]13CCCC[C@H]1[C@@H](C2)NCC3)C1CCCCC1. The van der Waals surface area contributed by atoms with Crippen LogP contribution >= 0.6 is 0 Å². The lowest BCUT2D eigenvalue weighted by Gasteiger charge is -2.56. The largest absolute Gasteiger partial charge is 0.508 e. The number of fused-ring (bicyclic) bond motifs is 1. The average molecular weight is 400 g/mol. The summed E-state index contributed by atoms with van der Waals surface area (Å²) in [5, 5.41) is 13.0. The Hall–Kier alpha value is -1.75. The van der Waals surface area contributed by atoms with Crippen LogP contribution in [0.25, 0.3) is 0 Å². The van der Waals surface area contributed by atoms with Crippen molar-refractivity contribution in [2.24, 2.45) is 11.8 Å². The fourth-order valence-corrected chi connectivity index (χ4v) is 6.83. The van der Waals surface area contributed by atoms with E-state index < -0.39 is 12.4 Å². The van der Waals surface area contributed by atoms with Crippen molar-refractivity contribution < 1.29 is 19.4 Å². The van der Waals surface area contributed by atoms with Crippen LogP contribution < -0.4 is 10.1 Å². The smallest absolute Gasteiger partial charge is 0.454 e. The maximum Gasteiger partial charge on any atom is 0.508 e. The number of carboxylic acid groups (broad SMARTS) is 1. The zero-order valence-corrected chi connectivity index (χ0v) is 17.2. The van der Waals surface area contributed by atoms with Gasteiger partial charge in [-0.1, -0.05) is 38.2 Å². The first kappa shape index (κ1) is 19.2. The van der Waals surface area contributed by atoms with E-state index in [0.717, 1.165) is 50.3 Å². The Bertz CT molecular complexity index is 755. The van der Waals surface area contributed by atoms with Gasteiger partial charge >= 0.3 is 6.16 Å². The van der Waals surface area contributed by atoms with Gasteiger partial charge in [0.2, 0.25) is 0 Å². The van der Waals surface area contributed by atoms with E-state index >= 15 is 0 Å². The van der Waals surface area contributed by atoms with Gasteiger partial charge in [0, 0.05) is 17.4 Å². The Kier molecular flexibility index (Phi) is 5.19. The molecule has 0 radical (unpaired) electrons. The molecule has 1 heterocycles. The molecule has 5 heteroatoms. The van der Waals surface area contributed by atoms with Crippen molar-refractivity contribution in [1.29, 1.82) is 0 Å². The number of nitrogens with one attached hydrogen (secondary N) is 1. The molecule has 1 aromatic carbocycles. The Labute approximate surface area is 173 Å². The topological polar surface area (TPSA) is 67.8 Å². The fraction of sp³-hybridized carbons (Fsp3) is 0.708. The molecule has 158 valence electrons. The summed E-state index contributed by atoms with van der Waals surface area (Å²) in [4.78, 5) is 11.3. The van der Waals surface area contributed by atoms with Crippen molar-refractivity contribution in [3.63, 3.8) is 0 Å². The lowest BCUT2D eigenvalue weighted by molar-refractivity contribution is -0.0952. The van der Waals surface area contributed by atoms with E-state index in [0.29, 0.717) is 6.04 Å².